The Labute approximate surface area is 160 Å². The predicted molar refractivity (Wildman–Crippen MR) is 107 cm³/mol. The number of nitrogens with zero attached hydrogens (tertiary/aromatic N) is 3. The summed E-state index contributed by atoms with van der Waals surface area (Å²) in [6, 6.07) is 20.6. The summed E-state index contributed by atoms with van der Waals surface area (Å²) in [6.07, 6.45) is 1.24. The molecule has 3 aromatic carbocycles. The fourth-order valence-corrected chi connectivity index (χ4v) is 2.86. The second-order valence-electron chi connectivity index (χ2n) is 6.20. The largest absolute Gasteiger partial charge is 0.433 e. The Morgan fingerprint density at radius 3 is 2.50 bits per heavy atom. The first kappa shape index (κ1) is 17.4. The summed E-state index contributed by atoms with van der Waals surface area (Å²) in [6.45, 7) is 1.97. The molecule has 0 fully saturated rings. The number of hydrogen-bond acceptors (Lipinski definition) is 6. The van der Waals surface area contributed by atoms with Crippen LogP contribution in [0, 0.1) is 17.0 Å². The average molecular weight is 372 g/mol. The Bertz CT molecular complexity index is 1150. The van der Waals surface area contributed by atoms with Gasteiger partial charge in [0.05, 0.1) is 4.92 Å². The molecule has 7 heteroatoms. The zero-order valence-corrected chi connectivity index (χ0v) is 15.0. The summed E-state index contributed by atoms with van der Waals surface area (Å²) in [5.41, 5.74) is 1.45. The molecule has 4 rings (SSSR count). The lowest BCUT2D eigenvalue weighted by Gasteiger charge is -2.11. The van der Waals surface area contributed by atoms with Gasteiger partial charge in [-0.15, -0.1) is 0 Å². The lowest BCUT2D eigenvalue weighted by molar-refractivity contribution is -0.385. The smallest absolute Gasteiger partial charge is 0.373 e. The van der Waals surface area contributed by atoms with E-state index in [0.29, 0.717) is 11.4 Å². The standard InChI is InChI=1S/C21H16N4O3/c1-14-9-11-16(12-10-14)24-20-19(25(26)27)21(23-13-22-20)28-18-8-4-6-15-5-2-3-7-17(15)18/h2-13H,1H3,(H,22,23,24). The van der Waals surface area contributed by atoms with E-state index in [0.717, 1.165) is 16.3 Å². The molecule has 0 aliphatic carbocycles. The van der Waals surface area contributed by atoms with Gasteiger partial charge >= 0.3 is 11.6 Å². The van der Waals surface area contributed by atoms with E-state index >= 15 is 0 Å². The van der Waals surface area contributed by atoms with Crippen molar-refractivity contribution >= 4 is 28.0 Å². The molecule has 0 spiro atoms. The van der Waals surface area contributed by atoms with Crippen molar-refractivity contribution in [1.82, 2.24) is 9.97 Å². The van der Waals surface area contributed by atoms with Crippen LogP contribution in [0.3, 0.4) is 0 Å². The van der Waals surface area contributed by atoms with Crippen LogP contribution in [0.15, 0.2) is 73.1 Å². The van der Waals surface area contributed by atoms with Gasteiger partial charge in [-0.2, -0.15) is 4.98 Å². The zero-order chi connectivity index (χ0) is 19.5. The summed E-state index contributed by atoms with van der Waals surface area (Å²) in [7, 11) is 0. The zero-order valence-electron chi connectivity index (χ0n) is 15.0. The van der Waals surface area contributed by atoms with Crippen LogP contribution >= 0.6 is 0 Å². The monoisotopic (exact) mass is 372 g/mol. The van der Waals surface area contributed by atoms with Crippen LogP contribution in [0.2, 0.25) is 0 Å². The quantitative estimate of drug-likeness (QED) is 0.373. The minimum absolute atomic E-state index is 0.0686. The van der Waals surface area contributed by atoms with Gasteiger partial charge in [0.15, 0.2) is 0 Å². The second kappa shape index (κ2) is 7.32. The number of hydrogen-bond donors (Lipinski definition) is 1. The van der Waals surface area contributed by atoms with Crippen molar-refractivity contribution in [2.75, 3.05) is 5.32 Å². The minimum atomic E-state index is -0.545. The first-order valence-electron chi connectivity index (χ1n) is 8.60. The van der Waals surface area contributed by atoms with Crippen LogP contribution in [0.1, 0.15) is 5.56 Å². The molecule has 1 aromatic heterocycles. The van der Waals surface area contributed by atoms with E-state index in [4.69, 9.17) is 4.74 Å². The van der Waals surface area contributed by atoms with Crippen LogP contribution in [0.5, 0.6) is 11.6 Å². The summed E-state index contributed by atoms with van der Waals surface area (Å²) in [4.78, 5) is 19.2. The molecule has 1 heterocycles. The number of benzene rings is 3. The van der Waals surface area contributed by atoms with E-state index in [9.17, 15) is 10.1 Å². The van der Waals surface area contributed by atoms with E-state index in [-0.39, 0.29) is 17.4 Å². The van der Waals surface area contributed by atoms with Gasteiger partial charge in [-0.25, -0.2) is 4.98 Å². The first-order chi connectivity index (χ1) is 13.6. The highest BCUT2D eigenvalue weighted by molar-refractivity contribution is 5.88. The van der Waals surface area contributed by atoms with Gasteiger partial charge in [0.25, 0.3) is 0 Å². The van der Waals surface area contributed by atoms with Crippen molar-refractivity contribution in [3.63, 3.8) is 0 Å². The molecular formula is C21H16N4O3. The fourth-order valence-electron chi connectivity index (χ4n) is 2.86. The van der Waals surface area contributed by atoms with Crippen LogP contribution in [-0.4, -0.2) is 14.9 Å². The van der Waals surface area contributed by atoms with Gasteiger partial charge in [0.2, 0.25) is 5.82 Å². The fraction of sp³-hybridized carbons (Fsp3) is 0.0476. The van der Waals surface area contributed by atoms with Crippen molar-refractivity contribution in [2.45, 2.75) is 6.92 Å². The molecule has 0 aliphatic rings. The second-order valence-corrected chi connectivity index (χ2v) is 6.20. The maximum Gasteiger partial charge on any atom is 0.373 e. The van der Waals surface area contributed by atoms with Crippen molar-refractivity contribution in [3.05, 3.63) is 88.7 Å². The highest BCUT2D eigenvalue weighted by atomic mass is 16.6. The first-order valence-corrected chi connectivity index (χ1v) is 8.60. The van der Waals surface area contributed by atoms with Crippen LogP contribution in [0.4, 0.5) is 17.2 Å². The van der Waals surface area contributed by atoms with Crippen molar-refractivity contribution in [2.24, 2.45) is 0 Å². The molecule has 4 aromatic rings. The lowest BCUT2D eigenvalue weighted by atomic mass is 10.1. The number of aryl methyl sites for hydroxylation is 1. The third kappa shape index (κ3) is 3.45. The topological polar surface area (TPSA) is 90.2 Å². The van der Waals surface area contributed by atoms with Gasteiger partial charge in [-0.1, -0.05) is 54.1 Å². The molecule has 0 bridgehead atoms. The van der Waals surface area contributed by atoms with Gasteiger partial charge in [0, 0.05) is 11.1 Å². The molecule has 0 saturated heterocycles. The third-order valence-corrected chi connectivity index (χ3v) is 4.24. The molecule has 1 N–H and O–H groups in total. The highest BCUT2D eigenvalue weighted by Gasteiger charge is 2.25. The normalized spacial score (nSPS) is 10.6. The molecule has 28 heavy (non-hydrogen) atoms. The van der Waals surface area contributed by atoms with E-state index in [1.54, 1.807) is 6.07 Å². The number of aromatic nitrogens is 2. The molecule has 0 atom stereocenters. The van der Waals surface area contributed by atoms with Crippen LogP contribution in [0.25, 0.3) is 10.8 Å². The molecule has 0 saturated carbocycles. The molecule has 7 nitrogen and oxygen atoms in total. The van der Waals surface area contributed by atoms with Crippen molar-refractivity contribution in [1.29, 1.82) is 0 Å². The number of fused-ring (bicyclic) bond motifs is 1. The van der Waals surface area contributed by atoms with Gasteiger partial charge in [-0.3, -0.25) is 10.1 Å². The molecular weight excluding hydrogens is 356 g/mol. The number of rotatable bonds is 5. The summed E-state index contributed by atoms with van der Waals surface area (Å²) in [5.74, 6) is 0.436. The average Bonchev–Trinajstić information content (AvgIpc) is 2.70. The Kier molecular flexibility index (Phi) is 4.55. The van der Waals surface area contributed by atoms with Gasteiger partial charge < -0.3 is 10.1 Å². The molecule has 0 radical (unpaired) electrons. The third-order valence-electron chi connectivity index (χ3n) is 4.24. The van der Waals surface area contributed by atoms with E-state index < -0.39 is 4.92 Å². The highest BCUT2D eigenvalue weighted by Crippen LogP contribution is 2.37. The minimum Gasteiger partial charge on any atom is -0.433 e. The Morgan fingerprint density at radius 2 is 1.71 bits per heavy atom. The maximum absolute atomic E-state index is 11.7. The summed E-state index contributed by atoms with van der Waals surface area (Å²) in [5, 5.41) is 16.5. The number of ether oxygens (including phenoxy) is 1. The number of nitro groups is 1. The SMILES string of the molecule is Cc1ccc(Nc2ncnc(Oc3cccc4ccccc34)c2[N+](=O)[O-])cc1. The van der Waals surface area contributed by atoms with E-state index in [1.165, 1.54) is 6.33 Å². The molecule has 0 unspecified atom stereocenters. The number of nitrogens with one attached hydrogen (secondary N) is 1. The van der Waals surface area contributed by atoms with Crippen LogP contribution in [-0.2, 0) is 0 Å². The maximum atomic E-state index is 11.7. The Hall–Kier alpha value is -4.00. The van der Waals surface area contributed by atoms with Gasteiger partial charge in [-0.05, 0) is 30.5 Å². The Morgan fingerprint density at radius 1 is 0.964 bits per heavy atom. The van der Waals surface area contributed by atoms with E-state index in [2.05, 4.69) is 15.3 Å². The van der Waals surface area contributed by atoms with Crippen molar-refractivity contribution < 1.29 is 9.66 Å². The summed E-state index contributed by atoms with van der Waals surface area (Å²) >= 11 is 0. The van der Waals surface area contributed by atoms with E-state index in [1.807, 2.05) is 67.6 Å². The van der Waals surface area contributed by atoms with Crippen molar-refractivity contribution in [3.8, 4) is 11.6 Å². The molecule has 0 aliphatic heterocycles. The van der Waals surface area contributed by atoms with Gasteiger partial charge in [0.1, 0.15) is 12.1 Å². The molecule has 138 valence electrons. The summed E-state index contributed by atoms with van der Waals surface area (Å²) < 4.78 is 5.85. The lowest BCUT2D eigenvalue weighted by Crippen LogP contribution is -2.03. The Balaban J connectivity index is 1.74. The number of anilines is 2. The van der Waals surface area contributed by atoms with Crippen LogP contribution < -0.4 is 10.1 Å². The predicted octanol–water partition coefficient (Wildman–Crippen LogP) is 5.38. The molecule has 0 amide bonds.